The molecular weight excluding hydrogens is 276 g/mol. The number of hydrogen-bond donors (Lipinski definition) is 2. The molecule has 0 radical (unpaired) electrons. The van der Waals surface area contributed by atoms with Gasteiger partial charge in [0.15, 0.2) is 0 Å². The molecule has 0 unspecified atom stereocenters. The van der Waals surface area contributed by atoms with Gasteiger partial charge in [-0.2, -0.15) is 0 Å². The third-order valence-electron chi connectivity index (χ3n) is 1.83. The van der Waals surface area contributed by atoms with Gasteiger partial charge in [-0.3, -0.25) is 4.79 Å². The van der Waals surface area contributed by atoms with Crippen LogP contribution in [0.5, 0.6) is 0 Å². The summed E-state index contributed by atoms with van der Waals surface area (Å²) < 4.78 is 1.11. The van der Waals surface area contributed by atoms with Crippen LogP contribution in [0.1, 0.15) is 18.2 Å². The Hall–Kier alpha value is -0.390. The molecule has 1 rings (SSSR count). The summed E-state index contributed by atoms with van der Waals surface area (Å²) in [6, 6.07) is 2.01. The molecule has 0 saturated carbocycles. The van der Waals surface area contributed by atoms with E-state index in [2.05, 4.69) is 26.6 Å². The Morgan fingerprint density at radius 2 is 2.40 bits per heavy atom. The highest BCUT2D eigenvalue weighted by atomic mass is 79.9. The average Bonchev–Trinajstić information content (AvgIpc) is 2.61. The molecule has 0 fully saturated rings. The van der Waals surface area contributed by atoms with Crippen molar-refractivity contribution >= 4 is 33.2 Å². The summed E-state index contributed by atoms with van der Waals surface area (Å²) in [6.07, 6.45) is 0.974. The van der Waals surface area contributed by atoms with Crippen molar-refractivity contribution in [3.63, 3.8) is 0 Å². The molecule has 0 atom stereocenters. The lowest BCUT2D eigenvalue weighted by Gasteiger charge is -2.04. The monoisotopic (exact) mass is 290 g/mol. The van der Waals surface area contributed by atoms with Crippen molar-refractivity contribution in [2.75, 3.05) is 13.1 Å². The van der Waals surface area contributed by atoms with Crippen LogP contribution in [0.15, 0.2) is 15.9 Å². The number of rotatable bonds is 6. The summed E-state index contributed by atoms with van der Waals surface area (Å²) >= 11 is 5.12. The Morgan fingerprint density at radius 1 is 1.60 bits per heavy atom. The van der Waals surface area contributed by atoms with Gasteiger partial charge >= 0.3 is 0 Å². The zero-order valence-corrected chi connectivity index (χ0v) is 11.1. The number of thiophene rings is 1. The van der Waals surface area contributed by atoms with E-state index < -0.39 is 0 Å². The molecule has 1 amide bonds. The maximum Gasteiger partial charge on any atom is 0.233 e. The van der Waals surface area contributed by atoms with E-state index in [1.807, 2.05) is 18.4 Å². The van der Waals surface area contributed by atoms with Crippen LogP contribution in [0.4, 0.5) is 0 Å². The van der Waals surface area contributed by atoms with E-state index in [1.54, 1.807) is 11.3 Å². The number of halogens is 1. The molecule has 0 bridgehead atoms. The van der Waals surface area contributed by atoms with Gasteiger partial charge in [-0.15, -0.1) is 11.3 Å². The summed E-state index contributed by atoms with van der Waals surface area (Å²) in [5.41, 5.74) is 0. The fourth-order valence-corrected chi connectivity index (χ4v) is 2.53. The van der Waals surface area contributed by atoms with Gasteiger partial charge in [0.25, 0.3) is 0 Å². The van der Waals surface area contributed by atoms with Crippen molar-refractivity contribution in [2.45, 2.75) is 19.9 Å². The molecule has 15 heavy (non-hydrogen) atoms. The van der Waals surface area contributed by atoms with Crippen LogP contribution >= 0.6 is 27.3 Å². The van der Waals surface area contributed by atoms with Gasteiger partial charge in [0, 0.05) is 22.4 Å². The van der Waals surface area contributed by atoms with Crippen LogP contribution in [-0.2, 0) is 11.3 Å². The Balaban J connectivity index is 2.16. The molecule has 0 aliphatic rings. The van der Waals surface area contributed by atoms with Gasteiger partial charge in [0.1, 0.15) is 0 Å². The Morgan fingerprint density at radius 3 is 3.00 bits per heavy atom. The second-order valence-electron chi connectivity index (χ2n) is 3.15. The molecular formula is C10H15BrN2OS. The normalized spacial score (nSPS) is 10.3. The third kappa shape index (κ3) is 4.77. The molecule has 1 aromatic heterocycles. The molecule has 0 saturated heterocycles. The molecule has 3 nitrogen and oxygen atoms in total. The standard InChI is InChI=1S/C10H15BrN2OS/c1-2-4-13-10(14)7-12-6-9-8(11)3-5-15-9/h3,5,12H,2,4,6-7H2,1H3,(H,13,14). The van der Waals surface area contributed by atoms with Crippen molar-refractivity contribution in [1.82, 2.24) is 10.6 Å². The van der Waals surface area contributed by atoms with E-state index in [-0.39, 0.29) is 5.91 Å². The molecule has 0 aromatic carbocycles. The minimum Gasteiger partial charge on any atom is -0.355 e. The second kappa shape index (κ2) is 6.98. The first-order valence-electron chi connectivity index (χ1n) is 4.93. The number of amides is 1. The molecule has 5 heteroatoms. The first-order valence-corrected chi connectivity index (χ1v) is 6.60. The highest BCUT2D eigenvalue weighted by Gasteiger charge is 2.02. The SMILES string of the molecule is CCCNC(=O)CNCc1sccc1Br. The van der Waals surface area contributed by atoms with Gasteiger partial charge in [-0.1, -0.05) is 6.92 Å². The van der Waals surface area contributed by atoms with Gasteiger partial charge in [0.2, 0.25) is 5.91 Å². The van der Waals surface area contributed by atoms with Crippen molar-refractivity contribution in [3.8, 4) is 0 Å². The maximum absolute atomic E-state index is 11.2. The summed E-state index contributed by atoms with van der Waals surface area (Å²) in [5.74, 6) is 0.0597. The van der Waals surface area contributed by atoms with Gasteiger partial charge in [-0.25, -0.2) is 0 Å². The summed E-state index contributed by atoms with van der Waals surface area (Å²) in [7, 11) is 0. The minimum atomic E-state index is 0.0597. The highest BCUT2D eigenvalue weighted by molar-refractivity contribution is 9.10. The minimum absolute atomic E-state index is 0.0597. The van der Waals surface area contributed by atoms with E-state index >= 15 is 0 Å². The van der Waals surface area contributed by atoms with Crippen LogP contribution in [0.3, 0.4) is 0 Å². The lowest BCUT2D eigenvalue weighted by molar-refractivity contribution is -0.120. The number of carbonyl (C=O) groups is 1. The number of carbonyl (C=O) groups excluding carboxylic acids is 1. The van der Waals surface area contributed by atoms with Crippen LogP contribution < -0.4 is 10.6 Å². The molecule has 2 N–H and O–H groups in total. The lowest BCUT2D eigenvalue weighted by Crippen LogP contribution is -2.33. The van der Waals surface area contributed by atoms with E-state index in [0.717, 1.165) is 24.0 Å². The number of nitrogens with one attached hydrogen (secondary N) is 2. The predicted molar refractivity (Wildman–Crippen MR) is 67.0 cm³/mol. The molecule has 1 aromatic rings. The third-order valence-corrected chi connectivity index (χ3v) is 3.76. The highest BCUT2D eigenvalue weighted by Crippen LogP contribution is 2.21. The molecule has 0 aliphatic carbocycles. The largest absolute Gasteiger partial charge is 0.355 e. The fraction of sp³-hybridized carbons (Fsp3) is 0.500. The second-order valence-corrected chi connectivity index (χ2v) is 5.00. The van der Waals surface area contributed by atoms with E-state index in [9.17, 15) is 4.79 Å². The predicted octanol–water partition coefficient (Wildman–Crippen LogP) is 2.13. The molecule has 0 aliphatic heterocycles. The quantitative estimate of drug-likeness (QED) is 0.843. The first kappa shape index (κ1) is 12.7. The first-order chi connectivity index (χ1) is 7.24. The maximum atomic E-state index is 11.2. The summed E-state index contributed by atoms with van der Waals surface area (Å²) in [4.78, 5) is 12.5. The van der Waals surface area contributed by atoms with Crippen molar-refractivity contribution in [3.05, 3.63) is 20.8 Å². The summed E-state index contributed by atoms with van der Waals surface area (Å²) in [6.45, 7) is 3.90. The molecule has 84 valence electrons. The van der Waals surface area contributed by atoms with E-state index in [1.165, 1.54) is 4.88 Å². The lowest BCUT2D eigenvalue weighted by atomic mass is 10.4. The van der Waals surface area contributed by atoms with E-state index in [0.29, 0.717) is 6.54 Å². The number of hydrogen-bond acceptors (Lipinski definition) is 3. The average molecular weight is 291 g/mol. The Labute approximate surface area is 102 Å². The molecule has 1 heterocycles. The van der Waals surface area contributed by atoms with Crippen molar-refractivity contribution in [2.24, 2.45) is 0 Å². The molecule has 0 spiro atoms. The van der Waals surface area contributed by atoms with Gasteiger partial charge in [-0.05, 0) is 33.8 Å². The van der Waals surface area contributed by atoms with Gasteiger partial charge in [0.05, 0.1) is 6.54 Å². The zero-order valence-electron chi connectivity index (χ0n) is 8.68. The zero-order chi connectivity index (χ0) is 11.1. The topological polar surface area (TPSA) is 41.1 Å². The fourth-order valence-electron chi connectivity index (χ4n) is 1.07. The Bertz CT molecular complexity index is 314. The van der Waals surface area contributed by atoms with Crippen molar-refractivity contribution < 1.29 is 4.79 Å². The van der Waals surface area contributed by atoms with Crippen LogP contribution in [0.2, 0.25) is 0 Å². The smallest absolute Gasteiger partial charge is 0.233 e. The van der Waals surface area contributed by atoms with Crippen LogP contribution in [0, 0.1) is 0 Å². The van der Waals surface area contributed by atoms with Crippen molar-refractivity contribution in [1.29, 1.82) is 0 Å². The van der Waals surface area contributed by atoms with E-state index in [4.69, 9.17) is 0 Å². The van der Waals surface area contributed by atoms with Gasteiger partial charge < -0.3 is 10.6 Å². The van der Waals surface area contributed by atoms with Crippen LogP contribution in [-0.4, -0.2) is 19.0 Å². The Kier molecular flexibility index (Phi) is 5.90. The van der Waals surface area contributed by atoms with Crippen LogP contribution in [0.25, 0.3) is 0 Å². The summed E-state index contributed by atoms with van der Waals surface area (Å²) in [5, 5.41) is 7.95.